The topological polar surface area (TPSA) is 41.4 Å². The van der Waals surface area contributed by atoms with Gasteiger partial charge in [-0.15, -0.1) is 11.3 Å². The third-order valence-electron chi connectivity index (χ3n) is 5.67. The van der Waals surface area contributed by atoms with E-state index in [0.717, 1.165) is 48.9 Å². The number of benzene rings is 2. The molecule has 5 rings (SSSR count). The second-order valence-electron chi connectivity index (χ2n) is 7.67. The molecule has 3 heterocycles. The summed E-state index contributed by atoms with van der Waals surface area (Å²) in [6, 6.07) is 20.6. The highest BCUT2D eigenvalue weighted by Crippen LogP contribution is 2.24. The molecule has 1 fully saturated rings. The van der Waals surface area contributed by atoms with E-state index in [1.54, 1.807) is 11.3 Å². The van der Waals surface area contributed by atoms with Crippen molar-refractivity contribution in [2.45, 2.75) is 13.1 Å². The van der Waals surface area contributed by atoms with Crippen molar-refractivity contribution in [1.29, 1.82) is 0 Å². The van der Waals surface area contributed by atoms with Crippen LogP contribution in [0.15, 0.2) is 72.2 Å². The minimum absolute atomic E-state index is 0.191. The second-order valence-corrected chi connectivity index (χ2v) is 8.53. The zero-order valence-electron chi connectivity index (χ0n) is 16.8. The fraction of sp³-hybridized carbons (Fsp3) is 0.250. The van der Waals surface area contributed by atoms with Gasteiger partial charge in [-0.25, -0.2) is 4.98 Å². The number of fused-ring (bicyclic) bond motifs is 1. The van der Waals surface area contributed by atoms with Gasteiger partial charge in [-0.05, 0) is 17.5 Å². The average Bonchev–Trinajstić information content (AvgIpc) is 3.42. The lowest BCUT2D eigenvalue weighted by Crippen LogP contribution is -2.49. The first-order valence-electron chi connectivity index (χ1n) is 10.3. The Bertz CT molecular complexity index is 1140. The zero-order valence-corrected chi connectivity index (χ0v) is 17.6. The summed E-state index contributed by atoms with van der Waals surface area (Å²) in [5.74, 6) is 0.191. The monoisotopic (exact) mass is 416 g/mol. The number of rotatable bonds is 5. The van der Waals surface area contributed by atoms with E-state index in [0.29, 0.717) is 6.54 Å². The SMILES string of the molecule is O=C(Cn1ccc2ccccc21)N1CCN(Cc2csc(-c3ccccc3)n2)CC1. The zero-order chi connectivity index (χ0) is 20.3. The highest BCUT2D eigenvalue weighted by molar-refractivity contribution is 7.13. The Kier molecular flexibility index (Phi) is 5.34. The summed E-state index contributed by atoms with van der Waals surface area (Å²) in [5.41, 5.74) is 3.39. The molecule has 0 aliphatic carbocycles. The van der Waals surface area contributed by atoms with E-state index in [9.17, 15) is 4.79 Å². The number of nitrogens with zero attached hydrogens (tertiary/aromatic N) is 4. The molecule has 1 aliphatic heterocycles. The van der Waals surface area contributed by atoms with Crippen molar-refractivity contribution in [2.24, 2.45) is 0 Å². The van der Waals surface area contributed by atoms with E-state index >= 15 is 0 Å². The normalized spacial score (nSPS) is 15.0. The summed E-state index contributed by atoms with van der Waals surface area (Å²) < 4.78 is 2.05. The summed E-state index contributed by atoms with van der Waals surface area (Å²) in [6.45, 7) is 4.56. The predicted octanol–water partition coefficient (Wildman–Crippen LogP) is 4.11. The van der Waals surface area contributed by atoms with Crippen molar-refractivity contribution >= 4 is 28.1 Å². The van der Waals surface area contributed by atoms with Gasteiger partial charge in [0, 0.05) is 55.4 Å². The van der Waals surface area contributed by atoms with E-state index in [2.05, 4.69) is 40.6 Å². The summed E-state index contributed by atoms with van der Waals surface area (Å²) >= 11 is 1.69. The molecule has 0 N–H and O–H groups in total. The van der Waals surface area contributed by atoms with Crippen LogP contribution in [0.25, 0.3) is 21.5 Å². The number of thiazole rings is 1. The van der Waals surface area contributed by atoms with Crippen LogP contribution in [-0.4, -0.2) is 51.4 Å². The van der Waals surface area contributed by atoms with Gasteiger partial charge in [0.25, 0.3) is 0 Å². The van der Waals surface area contributed by atoms with Gasteiger partial charge in [-0.2, -0.15) is 0 Å². The number of aromatic nitrogens is 2. The highest BCUT2D eigenvalue weighted by Gasteiger charge is 2.22. The molecule has 0 bridgehead atoms. The Balaban J connectivity index is 1.16. The lowest BCUT2D eigenvalue weighted by atomic mass is 10.2. The maximum atomic E-state index is 12.8. The molecule has 1 amide bonds. The van der Waals surface area contributed by atoms with Gasteiger partial charge in [-0.1, -0.05) is 48.5 Å². The first-order valence-corrected chi connectivity index (χ1v) is 11.2. The minimum Gasteiger partial charge on any atom is -0.339 e. The standard InChI is InChI=1S/C24H24N4OS/c29-23(17-28-11-10-19-6-4-5-9-22(19)28)27-14-12-26(13-15-27)16-21-18-30-24(25-21)20-7-2-1-3-8-20/h1-11,18H,12-17H2. The largest absolute Gasteiger partial charge is 0.339 e. The van der Waals surface area contributed by atoms with E-state index in [4.69, 9.17) is 4.98 Å². The Morgan fingerprint density at radius 3 is 2.53 bits per heavy atom. The van der Waals surface area contributed by atoms with Crippen LogP contribution < -0.4 is 0 Å². The fourth-order valence-corrected chi connectivity index (χ4v) is 4.82. The van der Waals surface area contributed by atoms with Gasteiger partial charge in [-0.3, -0.25) is 9.69 Å². The molecule has 1 aliphatic rings. The smallest absolute Gasteiger partial charge is 0.242 e. The number of piperazine rings is 1. The number of hydrogen-bond donors (Lipinski definition) is 0. The van der Waals surface area contributed by atoms with Crippen LogP contribution >= 0.6 is 11.3 Å². The van der Waals surface area contributed by atoms with Crippen LogP contribution in [0.2, 0.25) is 0 Å². The Morgan fingerprint density at radius 2 is 1.70 bits per heavy atom. The van der Waals surface area contributed by atoms with E-state index in [1.807, 2.05) is 46.0 Å². The third kappa shape index (κ3) is 4.01. The van der Waals surface area contributed by atoms with E-state index in [1.165, 1.54) is 10.9 Å². The van der Waals surface area contributed by atoms with Crippen molar-refractivity contribution in [3.8, 4) is 10.6 Å². The molecule has 0 unspecified atom stereocenters. The van der Waals surface area contributed by atoms with Crippen LogP contribution in [0.5, 0.6) is 0 Å². The van der Waals surface area contributed by atoms with Crippen molar-refractivity contribution < 1.29 is 4.79 Å². The van der Waals surface area contributed by atoms with Gasteiger partial charge in [0.15, 0.2) is 0 Å². The van der Waals surface area contributed by atoms with Crippen LogP contribution in [0.4, 0.5) is 0 Å². The van der Waals surface area contributed by atoms with Gasteiger partial charge in [0.1, 0.15) is 11.6 Å². The van der Waals surface area contributed by atoms with Crippen LogP contribution in [0.3, 0.4) is 0 Å². The van der Waals surface area contributed by atoms with Gasteiger partial charge < -0.3 is 9.47 Å². The van der Waals surface area contributed by atoms with Crippen LogP contribution in [0.1, 0.15) is 5.69 Å². The molecule has 6 heteroatoms. The number of amides is 1. The Morgan fingerprint density at radius 1 is 0.933 bits per heavy atom. The molecule has 0 saturated carbocycles. The van der Waals surface area contributed by atoms with Gasteiger partial charge in [0.05, 0.1) is 5.69 Å². The lowest BCUT2D eigenvalue weighted by molar-refractivity contribution is -0.133. The van der Waals surface area contributed by atoms with E-state index < -0.39 is 0 Å². The number of para-hydroxylation sites is 1. The van der Waals surface area contributed by atoms with Crippen molar-refractivity contribution in [3.05, 3.63) is 77.9 Å². The number of carbonyl (C=O) groups is 1. The Hall–Kier alpha value is -2.96. The summed E-state index contributed by atoms with van der Waals surface area (Å²) in [6.07, 6.45) is 2.01. The molecule has 2 aromatic heterocycles. The van der Waals surface area contributed by atoms with Gasteiger partial charge in [0.2, 0.25) is 5.91 Å². The Labute approximate surface area is 180 Å². The molecule has 5 nitrogen and oxygen atoms in total. The molecule has 152 valence electrons. The molecule has 30 heavy (non-hydrogen) atoms. The quantitative estimate of drug-likeness (QED) is 0.492. The lowest BCUT2D eigenvalue weighted by Gasteiger charge is -2.34. The first kappa shape index (κ1) is 19.0. The van der Waals surface area contributed by atoms with Gasteiger partial charge >= 0.3 is 0 Å². The second kappa shape index (κ2) is 8.42. The van der Waals surface area contributed by atoms with Crippen LogP contribution in [0, 0.1) is 0 Å². The van der Waals surface area contributed by atoms with Crippen molar-refractivity contribution in [3.63, 3.8) is 0 Å². The highest BCUT2D eigenvalue weighted by atomic mass is 32.1. The van der Waals surface area contributed by atoms with Crippen molar-refractivity contribution in [2.75, 3.05) is 26.2 Å². The molecule has 2 aromatic carbocycles. The molecular formula is C24H24N4OS. The first-order chi connectivity index (χ1) is 14.8. The molecule has 1 saturated heterocycles. The predicted molar refractivity (Wildman–Crippen MR) is 121 cm³/mol. The number of carbonyl (C=O) groups excluding carboxylic acids is 1. The van der Waals surface area contributed by atoms with Crippen LogP contribution in [-0.2, 0) is 17.9 Å². The molecule has 0 atom stereocenters. The third-order valence-corrected chi connectivity index (χ3v) is 6.61. The molecule has 0 spiro atoms. The fourth-order valence-electron chi connectivity index (χ4n) is 4.00. The van der Waals surface area contributed by atoms with Crippen molar-refractivity contribution in [1.82, 2.24) is 19.4 Å². The molecule has 4 aromatic rings. The maximum absolute atomic E-state index is 12.8. The number of hydrogen-bond acceptors (Lipinski definition) is 4. The summed E-state index contributed by atoms with van der Waals surface area (Å²) in [7, 11) is 0. The average molecular weight is 417 g/mol. The summed E-state index contributed by atoms with van der Waals surface area (Å²) in [4.78, 5) is 22.0. The molecule has 0 radical (unpaired) electrons. The maximum Gasteiger partial charge on any atom is 0.242 e. The minimum atomic E-state index is 0.191. The summed E-state index contributed by atoms with van der Waals surface area (Å²) in [5, 5.41) is 4.39. The van der Waals surface area contributed by atoms with E-state index in [-0.39, 0.29) is 5.91 Å². The molecular weight excluding hydrogens is 392 g/mol.